The molecule has 0 fully saturated rings. The lowest BCUT2D eigenvalue weighted by Gasteiger charge is -2.13. The molecule has 0 spiro atoms. The number of nitrogens with one attached hydrogen (secondary N) is 2. The van der Waals surface area contributed by atoms with E-state index in [1.807, 2.05) is 22.6 Å². The van der Waals surface area contributed by atoms with E-state index in [0.29, 0.717) is 15.2 Å². The number of para-hydroxylation sites is 1. The van der Waals surface area contributed by atoms with Crippen molar-refractivity contribution in [1.29, 1.82) is 0 Å². The topological polar surface area (TPSA) is 92.3 Å². The van der Waals surface area contributed by atoms with Crippen LogP contribution in [0.5, 0.6) is 0 Å². The number of carbonyl (C=O) groups is 2. The predicted octanol–water partition coefficient (Wildman–Crippen LogP) is 5.09. The lowest BCUT2D eigenvalue weighted by atomic mass is 10.1. The van der Waals surface area contributed by atoms with Crippen molar-refractivity contribution in [2.24, 2.45) is 0 Å². The molecule has 6 nitrogen and oxygen atoms in total. The van der Waals surface area contributed by atoms with Gasteiger partial charge in [-0.25, -0.2) is 8.42 Å². The Morgan fingerprint density at radius 2 is 1.38 bits per heavy atom. The van der Waals surface area contributed by atoms with E-state index in [9.17, 15) is 31.2 Å². The van der Waals surface area contributed by atoms with Gasteiger partial charge in [-0.15, -0.1) is 0 Å². The highest BCUT2D eigenvalue weighted by Crippen LogP contribution is 2.31. The van der Waals surface area contributed by atoms with Crippen LogP contribution in [0.25, 0.3) is 0 Å². The number of rotatable bonds is 5. The molecule has 3 aromatic rings. The minimum atomic E-state index is -5.57. The quantitative estimate of drug-likeness (QED) is 0.416. The Hall–Kier alpha value is -2.93. The summed E-state index contributed by atoms with van der Waals surface area (Å²) < 4.78 is 62.3. The number of amides is 2. The van der Waals surface area contributed by atoms with Gasteiger partial charge in [0.1, 0.15) is 0 Å². The molecule has 3 rings (SSSR count). The van der Waals surface area contributed by atoms with Crippen LogP contribution in [0.2, 0.25) is 0 Å². The highest BCUT2D eigenvalue weighted by molar-refractivity contribution is 14.1. The van der Waals surface area contributed by atoms with Gasteiger partial charge in [-0.2, -0.15) is 13.2 Å². The summed E-state index contributed by atoms with van der Waals surface area (Å²) in [6, 6.07) is 16.7. The van der Waals surface area contributed by atoms with Crippen LogP contribution < -0.4 is 10.6 Å². The number of hydrogen-bond donors (Lipinski definition) is 2. The van der Waals surface area contributed by atoms with E-state index < -0.39 is 32.1 Å². The maximum Gasteiger partial charge on any atom is 0.501 e. The summed E-state index contributed by atoms with van der Waals surface area (Å²) in [7, 11) is -5.57. The summed E-state index contributed by atoms with van der Waals surface area (Å²) in [6.45, 7) is 0. The van der Waals surface area contributed by atoms with Crippen molar-refractivity contribution in [2.75, 3.05) is 10.6 Å². The molecule has 0 heterocycles. The zero-order valence-electron chi connectivity index (χ0n) is 16.0. The fraction of sp³-hybridized carbons (Fsp3) is 0.0476. The lowest BCUT2D eigenvalue weighted by Crippen LogP contribution is -2.23. The average molecular weight is 574 g/mol. The Balaban J connectivity index is 1.85. The monoisotopic (exact) mass is 574 g/mol. The number of carbonyl (C=O) groups excluding carboxylic acids is 2. The number of benzene rings is 3. The normalized spacial score (nSPS) is 11.6. The predicted molar refractivity (Wildman–Crippen MR) is 121 cm³/mol. The molecule has 32 heavy (non-hydrogen) atoms. The molecule has 0 saturated heterocycles. The van der Waals surface area contributed by atoms with Crippen LogP contribution in [0, 0.1) is 3.57 Å². The summed E-state index contributed by atoms with van der Waals surface area (Å²) in [5.74, 6) is -1.20. The maximum absolute atomic E-state index is 12.8. The number of hydrogen-bond acceptors (Lipinski definition) is 4. The van der Waals surface area contributed by atoms with Crippen LogP contribution in [0.4, 0.5) is 24.5 Å². The average Bonchev–Trinajstić information content (AvgIpc) is 2.73. The van der Waals surface area contributed by atoms with Gasteiger partial charge in [-0.3, -0.25) is 9.59 Å². The SMILES string of the molecule is O=C(Nc1ccccc1C(=O)Nc1cccc(S(=O)(=O)C(F)(F)F)c1)c1ccccc1I. The molecular formula is C21H14F3IN2O4S. The third kappa shape index (κ3) is 5.10. The molecule has 0 unspecified atom stereocenters. The highest BCUT2D eigenvalue weighted by atomic mass is 127. The van der Waals surface area contributed by atoms with E-state index in [-0.39, 0.29) is 16.9 Å². The minimum Gasteiger partial charge on any atom is -0.322 e. The minimum absolute atomic E-state index is 0.0378. The molecule has 0 aliphatic rings. The van der Waals surface area contributed by atoms with E-state index in [1.165, 1.54) is 18.2 Å². The third-order valence-corrected chi connectivity index (χ3v) is 6.67. The van der Waals surface area contributed by atoms with Gasteiger partial charge in [0.25, 0.3) is 21.7 Å². The zero-order valence-corrected chi connectivity index (χ0v) is 19.0. The maximum atomic E-state index is 12.8. The fourth-order valence-electron chi connectivity index (χ4n) is 2.70. The first kappa shape index (κ1) is 23.7. The van der Waals surface area contributed by atoms with Gasteiger partial charge in [0.2, 0.25) is 0 Å². The van der Waals surface area contributed by atoms with Gasteiger partial charge in [-0.1, -0.05) is 30.3 Å². The van der Waals surface area contributed by atoms with Crippen LogP contribution in [0.1, 0.15) is 20.7 Å². The highest BCUT2D eigenvalue weighted by Gasteiger charge is 2.46. The van der Waals surface area contributed by atoms with Crippen molar-refractivity contribution in [3.05, 3.63) is 87.5 Å². The Kier molecular flexibility index (Phi) is 6.88. The molecule has 0 aliphatic carbocycles. The summed E-state index contributed by atoms with van der Waals surface area (Å²) >= 11 is 2.00. The second kappa shape index (κ2) is 9.28. The van der Waals surface area contributed by atoms with E-state index in [0.717, 1.165) is 12.1 Å². The van der Waals surface area contributed by atoms with Gasteiger partial charge in [0, 0.05) is 9.26 Å². The molecule has 11 heteroatoms. The largest absolute Gasteiger partial charge is 0.501 e. The number of anilines is 2. The molecule has 0 aliphatic heterocycles. The standard InChI is InChI=1S/C21H14F3IN2O4S/c22-21(23,24)32(30,31)14-7-5-6-13(12-14)26-20(29)16-9-2-4-11-18(16)27-19(28)15-8-1-3-10-17(15)25/h1-12H,(H,26,29)(H,27,28). The summed E-state index contributed by atoms with van der Waals surface area (Å²) in [4.78, 5) is 24.3. The van der Waals surface area contributed by atoms with Crippen LogP contribution in [0.3, 0.4) is 0 Å². The van der Waals surface area contributed by atoms with Crippen LogP contribution in [-0.2, 0) is 9.84 Å². The Bertz CT molecular complexity index is 1290. The Morgan fingerprint density at radius 3 is 2.03 bits per heavy atom. The van der Waals surface area contributed by atoms with Crippen molar-refractivity contribution in [3.8, 4) is 0 Å². The molecule has 0 radical (unpaired) electrons. The third-order valence-electron chi connectivity index (χ3n) is 4.25. The molecule has 0 bridgehead atoms. The molecular weight excluding hydrogens is 560 g/mol. The zero-order chi connectivity index (χ0) is 23.5. The molecule has 2 N–H and O–H groups in total. The van der Waals surface area contributed by atoms with Crippen LogP contribution in [0.15, 0.2) is 77.7 Å². The molecule has 166 valence electrons. The Morgan fingerprint density at radius 1 is 0.781 bits per heavy atom. The summed E-state index contributed by atoms with van der Waals surface area (Å²) in [6.07, 6.45) is 0. The van der Waals surface area contributed by atoms with Crippen LogP contribution in [-0.4, -0.2) is 25.7 Å². The number of halogens is 4. The van der Waals surface area contributed by atoms with Crippen LogP contribution >= 0.6 is 22.6 Å². The summed E-state index contributed by atoms with van der Waals surface area (Å²) in [5.41, 5.74) is -5.02. The first-order valence-electron chi connectivity index (χ1n) is 8.88. The molecule has 0 atom stereocenters. The van der Waals surface area contributed by atoms with E-state index in [2.05, 4.69) is 10.6 Å². The smallest absolute Gasteiger partial charge is 0.322 e. The Labute approximate surface area is 194 Å². The van der Waals surface area contributed by atoms with E-state index in [4.69, 9.17) is 0 Å². The first-order valence-corrected chi connectivity index (χ1v) is 11.4. The second-order valence-corrected chi connectivity index (χ2v) is 9.51. The van der Waals surface area contributed by atoms with Crippen molar-refractivity contribution in [2.45, 2.75) is 10.4 Å². The lowest BCUT2D eigenvalue weighted by molar-refractivity contribution is -0.0436. The van der Waals surface area contributed by atoms with Gasteiger partial charge >= 0.3 is 5.51 Å². The van der Waals surface area contributed by atoms with Crippen molar-refractivity contribution in [1.82, 2.24) is 0 Å². The number of alkyl halides is 3. The second-order valence-electron chi connectivity index (χ2n) is 6.41. The van der Waals surface area contributed by atoms with Gasteiger partial charge < -0.3 is 10.6 Å². The van der Waals surface area contributed by atoms with Crippen molar-refractivity contribution < 1.29 is 31.2 Å². The number of sulfone groups is 1. The molecule has 0 aromatic heterocycles. The van der Waals surface area contributed by atoms with Crippen molar-refractivity contribution in [3.63, 3.8) is 0 Å². The van der Waals surface area contributed by atoms with Gasteiger partial charge in [-0.05, 0) is 65.1 Å². The fourth-order valence-corrected chi connectivity index (χ4v) is 4.14. The van der Waals surface area contributed by atoms with E-state index >= 15 is 0 Å². The molecule has 2 amide bonds. The summed E-state index contributed by atoms with van der Waals surface area (Å²) in [5, 5.41) is 5.00. The van der Waals surface area contributed by atoms with Gasteiger partial charge in [0.05, 0.1) is 21.7 Å². The van der Waals surface area contributed by atoms with Crippen molar-refractivity contribution >= 4 is 55.6 Å². The molecule has 0 saturated carbocycles. The van der Waals surface area contributed by atoms with Gasteiger partial charge in [0.15, 0.2) is 0 Å². The van der Waals surface area contributed by atoms with E-state index in [1.54, 1.807) is 36.4 Å². The molecule has 3 aromatic carbocycles. The first-order chi connectivity index (χ1) is 15.0.